The van der Waals surface area contributed by atoms with Gasteiger partial charge >= 0.3 is 5.97 Å². The predicted octanol–water partition coefficient (Wildman–Crippen LogP) is 2.21. The topological polar surface area (TPSA) is 70.0 Å². The minimum Gasteiger partial charge on any atom is -0.481 e. The van der Waals surface area contributed by atoms with E-state index in [0.29, 0.717) is 19.4 Å². The molecule has 90 valence electrons. The van der Waals surface area contributed by atoms with Crippen LogP contribution in [0.15, 0.2) is 35.6 Å². The van der Waals surface area contributed by atoms with Crippen LogP contribution in [0.4, 0.5) is 0 Å². The van der Waals surface area contributed by atoms with Crippen LogP contribution in [-0.4, -0.2) is 22.6 Å². The fourth-order valence-corrected chi connectivity index (χ4v) is 2.26. The van der Waals surface area contributed by atoms with Crippen LogP contribution in [0.3, 0.4) is 0 Å². The number of carboxylic acids is 1. The van der Waals surface area contributed by atoms with Gasteiger partial charge in [-0.3, -0.25) is 9.80 Å². The van der Waals surface area contributed by atoms with Crippen LogP contribution < -0.4 is 0 Å². The van der Waals surface area contributed by atoms with Gasteiger partial charge in [-0.25, -0.2) is 0 Å². The van der Waals surface area contributed by atoms with Crippen molar-refractivity contribution >= 4 is 5.97 Å². The zero-order valence-electron chi connectivity index (χ0n) is 9.32. The van der Waals surface area contributed by atoms with E-state index in [9.17, 15) is 9.70 Å². The number of rotatable bonds is 3. The molecule has 2 atom stereocenters. The first-order valence-corrected chi connectivity index (χ1v) is 5.60. The van der Waals surface area contributed by atoms with E-state index in [0.717, 1.165) is 5.56 Å². The lowest BCUT2D eigenvalue weighted by atomic mass is 9.88. The molecule has 0 aliphatic carbocycles. The first-order chi connectivity index (χ1) is 8.22. The molecule has 0 radical (unpaired) electrons. The van der Waals surface area contributed by atoms with Crippen molar-refractivity contribution in [3.05, 3.63) is 40.8 Å². The summed E-state index contributed by atoms with van der Waals surface area (Å²) in [5.41, 5.74) is 0.943. The number of piperidine rings is 1. The third-order valence-corrected chi connectivity index (χ3v) is 3.21. The number of nitrogens with zero attached hydrogens (tertiary/aromatic N) is 2. The molecule has 0 spiro atoms. The zero-order chi connectivity index (χ0) is 12.3. The lowest BCUT2D eigenvalue weighted by Crippen LogP contribution is -2.35. The molecule has 1 aliphatic rings. The van der Waals surface area contributed by atoms with E-state index < -0.39 is 11.9 Å². The van der Waals surface area contributed by atoms with Crippen LogP contribution >= 0.6 is 0 Å². The predicted molar refractivity (Wildman–Crippen MR) is 62.0 cm³/mol. The maximum absolute atomic E-state index is 11.0. The Morgan fingerprint density at radius 3 is 2.65 bits per heavy atom. The van der Waals surface area contributed by atoms with Gasteiger partial charge in [-0.05, 0) is 18.4 Å². The summed E-state index contributed by atoms with van der Waals surface area (Å²) in [7, 11) is 0. The summed E-state index contributed by atoms with van der Waals surface area (Å²) in [6.07, 6.45) is 0.912. The van der Waals surface area contributed by atoms with E-state index in [1.807, 2.05) is 30.3 Å². The summed E-state index contributed by atoms with van der Waals surface area (Å²) in [5.74, 6) is -1.19. The first kappa shape index (κ1) is 11.6. The van der Waals surface area contributed by atoms with Crippen molar-refractivity contribution in [2.24, 2.45) is 11.2 Å². The molecule has 17 heavy (non-hydrogen) atoms. The number of hydrogen-bond donors (Lipinski definition) is 1. The summed E-state index contributed by atoms with van der Waals surface area (Å²) < 4.78 is 0. The summed E-state index contributed by atoms with van der Waals surface area (Å²) in [5, 5.41) is 13.5. The van der Waals surface area contributed by atoms with E-state index in [2.05, 4.69) is 5.29 Å². The highest BCUT2D eigenvalue weighted by Crippen LogP contribution is 2.34. The van der Waals surface area contributed by atoms with Gasteiger partial charge in [-0.15, -0.1) is 4.91 Å². The van der Waals surface area contributed by atoms with Crippen LogP contribution in [0.2, 0.25) is 0 Å². The minimum atomic E-state index is -0.795. The normalized spacial score (nSPS) is 24.4. The van der Waals surface area contributed by atoms with Gasteiger partial charge in [-0.1, -0.05) is 30.3 Å². The molecule has 2 unspecified atom stereocenters. The Kier molecular flexibility index (Phi) is 3.37. The molecule has 0 bridgehead atoms. The van der Waals surface area contributed by atoms with Crippen LogP contribution in [0.5, 0.6) is 0 Å². The number of hydrogen-bond acceptors (Lipinski definition) is 3. The van der Waals surface area contributed by atoms with Crippen molar-refractivity contribution in [1.82, 2.24) is 5.01 Å². The zero-order valence-corrected chi connectivity index (χ0v) is 9.32. The number of aliphatic carboxylic acids is 1. The Labute approximate surface area is 99.0 Å². The lowest BCUT2D eigenvalue weighted by molar-refractivity contribution is -0.144. The second-order valence-corrected chi connectivity index (χ2v) is 4.23. The quantitative estimate of drug-likeness (QED) is 0.814. The van der Waals surface area contributed by atoms with E-state index in [4.69, 9.17) is 5.11 Å². The highest BCUT2D eigenvalue weighted by atomic mass is 16.4. The molecule has 1 aromatic carbocycles. The maximum Gasteiger partial charge on any atom is 0.306 e. The maximum atomic E-state index is 11.0. The SMILES string of the molecule is O=NN1CCC(C(=O)O)CC1c1ccccc1. The highest BCUT2D eigenvalue weighted by molar-refractivity contribution is 5.70. The number of carbonyl (C=O) groups is 1. The fraction of sp³-hybridized carbons (Fsp3) is 0.417. The molecule has 1 aromatic rings. The molecule has 5 nitrogen and oxygen atoms in total. The van der Waals surface area contributed by atoms with Crippen molar-refractivity contribution in [3.8, 4) is 0 Å². The van der Waals surface area contributed by atoms with E-state index >= 15 is 0 Å². The molecule has 0 saturated carbocycles. The van der Waals surface area contributed by atoms with Gasteiger partial charge in [0.2, 0.25) is 0 Å². The van der Waals surface area contributed by atoms with Gasteiger partial charge in [0.05, 0.1) is 17.2 Å². The molecule has 1 fully saturated rings. The van der Waals surface area contributed by atoms with Crippen molar-refractivity contribution in [3.63, 3.8) is 0 Å². The van der Waals surface area contributed by atoms with Gasteiger partial charge < -0.3 is 5.11 Å². The molecule has 1 aliphatic heterocycles. The van der Waals surface area contributed by atoms with Crippen LogP contribution in [-0.2, 0) is 4.79 Å². The lowest BCUT2D eigenvalue weighted by Gasteiger charge is -2.34. The molecule has 5 heteroatoms. The molecular formula is C12H14N2O3. The van der Waals surface area contributed by atoms with Gasteiger partial charge in [0.25, 0.3) is 0 Å². The third-order valence-electron chi connectivity index (χ3n) is 3.21. The van der Waals surface area contributed by atoms with Crippen molar-refractivity contribution < 1.29 is 9.90 Å². The van der Waals surface area contributed by atoms with Gasteiger partial charge in [-0.2, -0.15) is 0 Å². The van der Waals surface area contributed by atoms with E-state index in [1.165, 1.54) is 5.01 Å². The average Bonchev–Trinajstić information content (AvgIpc) is 2.39. The standard InChI is InChI=1S/C12H14N2O3/c15-12(16)10-6-7-14(13-17)11(8-10)9-4-2-1-3-5-9/h1-5,10-11H,6-8H2,(H,15,16). The fourth-order valence-electron chi connectivity index (χ4n) is 2.26. The molecule has 1 N–H and O–H groups in total. The number of carboxylic acid groups (broad SMARTS) is 1. The summed E-state index contributed by atoms with van der Waals surface area (Å²) in [6, 6.07) is 9.22. The average molecular weight is 234 g/mol. The number of nitroso groups, excluding NO2 is 1. The Bertz CT molecular complexity index is 407. The van der Waals surface area contributed by atoms with Crippen molar-refractivity contribution in [2.75, 3.05) is 6.54 Å². The van der Waals surface area contributed by atoms with Crippen LogP contribution in [0, 0.1) is 10.8 Å². The monoisotopic (exact) mass is 234 g/mol. The Morgan fingerprint density at radius 2 is 2.06 bits per heavy atom. The Balaban J connectivity index is 2.21. The summed E-state index contributed by atoms with van der Waals surface area (Å²) >= 11 is 0. The Morgan fingerprint density at radius 1 is 1.35 bits per heavy atom. The molecule has 1 saturated heterocycles. The molecular weight excluding hydrogens is 220 g/mol. The second-order valence-electron chi connectivity index (χ2n) is 4.23. The molecule has 0 amide bonds. The Hall–Kier alpha value is -1.91. The minimum absolute atomic E-state index is 0.219. The van der Waals surface area contributed by atoms with E-state index in [-0.39, 0.29) is 6.04 Å². The largest absolute Gasteiger partial charge is 0.481 e. The van der Waals surface area contributed by atoms with Crippen LogP contribution in [0.1, 0.15) is 24.4 Å². The molecule has 1 heterocycles. The van der Waals surface area contributed by atoms with Gasteiger partial charge in [0.15, 0.2) is 0 Å². The summed E-state index contributed by atoms with van der Waals surface area (Å²) in [4.78, 5) is 21.7. The van der Waals surface area contributed by atoms with Gasteiger partial charge in [0.1, 0.15) is 0 Å². The second kappa shape index (κ2) is 4.95. The van der Waals surface area contributed by atoms with Gasteiger partial charge in [0, 0.05) is 6.54 Å². The van der Waals surface area contributed by atoms with Crippen molar-refractivity contribution in [2.45, 2.75) is 18.9 Å². The van der Waals surface area contributed by atoms with Crippen molar-refractivity contribution in [1.29, 1.82) is 0 Å². The van der Waals surface area contributed by atoms with Crippen LogP contribution in [0.25, 0.3) is 0 Å². The third kappa shape index (κ3) is 2.43. The van der Waals surface area contributed by atoms with E-state index in [1.54, 1.807) is 0 Å². The highest BCUT2D eigenvalue weighted by Gasteiger charge is 2.33. The summed E-state index contributed by atoms with van der Waals surface area (Å²) in [6.45, 7) is 0.403. The first-order valence-electron chi connectivity index (χ1n) is 5.60. The molecule has 2 rings (SSSR count). The smallest absolute Gasteiger partial charge is 0.306 e. The number of benzene rings is 1. The molecule has 0 aromatic heterocycles.